The predicted octanol–water partition coefficient (Wildman–Crippen LogP) is 4.21. The Kier molecular flexibility index (Phi) is 5.22. The van der Waals surface area contributed by atoms with Gasteiger partial charge in [0, 0.05) is 56.3 Å². The van der Waals surface area contributed by atoms with Gasteiger partial charge in [0.25, 0.3) is 0 Å². The molecule has 8 heteroatoms. The molecule has 2 N–H and O–H groups in total. The van der Waals surface area contributed by atoms with Gasteiger partial charge in [-0.05, 0) is 43.0 Å². The van der Waals surface area contributed by atoms with E-state index in [1.165, 1.54) is 5.69 Å². The van der Waals surface area contributed by atoms with Crippen molar-refractivity contribution in [1.29, 1.82) is 0 Å². The van der Waals surface area contributed by atoms with Crippen molar-refractivity contribution in [1.82, 2.24) is 15.0 Å². The van der Waals surface area contributed by atoms with E-state index in [4.69, 9.17) is 14.2 Å². The first kappa shape index (κ1) is 20.2. The van der Waals surface area contributed by atoms with Crippen molar-refractivity contribution in [2.45, 2.75) is 37.5 Å². The van der Waals surface area contributed by atoms with Gasteiger partial charge in [-0.1, -0.05) is 0 Å². The molecule has 8 nitrogen and oxygen atoms in total. The Morgan fingerprint density at radius 1 is 1.09 bits per heavy atom. The number of ketones is 1. The van der Waals surface area contributed by atoms with Gasteiger partial charge in [-0.15, -0.1) is 0 Å². The maximum Gasteiger partial charge on any atom is 0.172 e. The Hall–Kier alpha value is -3.39. The number of Topliss-reactive ketones (excluding diaryl/α,β-unsaturated/α-hetero) is 1. The molecule has 0 radical (unpaired) electrons. The van der Waals surface area contributed by atoms with Gasteiger partial charge in [0.1, 0.15) is 34.5 Å². The minimum absolute atomic E-state index is 0.0476. The molecule has 1 aromatic carbocycles. The molecule has 3 aromatic rings. The molecule has 0 saturated carbocycles. The first-order valence-electron chi connectivity index (χ1n) is 11.6. The van der Waals surface area contributed by atoms with Gasteiger partial charge in [-0.25, -0.2) is 9.97 Å². The molecule has 5 heterocycles. The molecule has 170 valence electrons. The normalized spacial score (nSPS) is 20.4. The van der Waals surface area contributed by atoms with Gasteiger partial charge < -0.3 is 24.5 Å². The Balaban J connectivity index is 1.21. The average molecular weight is 447 g/mol. The van der Waals surface area contributed by atoms with Crippen molar-refractivity contribution in [3.05, 3.63) is 59.3 Å². The summed E-state index contributed by atoms with van der Waals surface area (Å²) >= 11 is 0. The maximum absolute atomic E-state index is 12.4. The summed E-state index contributed by atoms with van der Waals surface area (Å²) in [6, 6.07) is 7.55. The lowest BCUT2D eigenvalue weighted by atomic mass is 9.95. The highest BCUT2D eigenvalue weighted by Crippen LogP contribution is 2.37. The molecule has 1 saturated heterocycles. The first-order valence-corrected chi connectivity index (χ1v) is 11.6. The topological polar surface area (TPSA) is 98.4 Å². The van der Waals surface area contributed by atoms with Crippen LogP contribution >= 0.6 is 0 Å². The molecular weight excluding hydrogens is 420 g/mol. The summed E-state index contributed by atoms with van der Waals surface area (Å²) in [5.41, 5.74) is 2.78. The Morgan fingerprint density at radius 3 is 2.91 bits per heavy atom. The summed E-state index contributed by atoms with van der Waals surface area (Å²) in [5.74, 6) is 4.30. The molecule has 0 spiro atoms. The molecule has 0 aliphatic carbocycles. The lowest BCUT2D eigenvalue weighted by molar-refractivity contribution is 0.0845. The zero-order valence-corrected chi connectivity index (χ0v) is 18.3. The SMILES string of the molecule is O=C1CCNc2nccc(Oc3ccc4c(c3)CC(c3ncc(C5CCOCC5)[nH]3)CO4)c21. The third kappa shape index (κ3) is 3.95. The van der Waals surface area contributed by atoms with E-state index >= 15 is 0 Å². The Bertz CT molecular complexity index is 1180. The maximum atomic E-state index is 12.4. The lowest BCUT2D eigenvalue weighted by Crippen LogP contribution is -2.21. The zero-order chi connectivity index (χ0) is 22.2. The van der Waals surface area contributed by atoms with Crippen molar-refractivity contribution in [2.24, 2.45) is 0 Å². The van der Waals surface area contributed by atoms with E-state index in [2.05, 4.69) is 20.3 Å². The number of hydrogen-bond acceptors (Lipinski definition) is 7. The molecule has 1 fully saturated rings. The number of nitrogens with zero attached hydrogens (tertiary/aromatic N) is 2. The van der Waals surface area contributed by atoms with E-state index in [-0.39, 0.29) is 11.7 Å². The van der Waals surface area contributed by atoms with Crippen molar-refractivity contribution in [3.63, 3.8) is 0 Å². The highest BCUT2D eigenvalue weighted by Gasteiger charge is 2.27. The van der Waals surface area contributed by atoms with Crippen molar-refractivity contribution < 1.29 is 19.0 Å². The predicted molar refractivity (Wildman–Crippen MR) is 122 cm³/mol. The van der Waals surface area contributed by atoms with E-state index in [1.54, 1.807) is 12.3 Å². The van der Waals surface area contributed by atoms with Gasteiger partial charge in [0.05, 0.1) is 12.5 Å². The summed E-state index contributed by atoms with van der Waals surface area (Å²) in [6.07, 6.45) is 6.93. The first-order chi connectivity index (χ1) is 16.2. The number of carbonyl (C=O) groups is 1. The van der Waals surface area contributed by atoms with Gasteiger partial charge in [-0.2, -0.15) is 0 Å². The van der Waals surface area contributed by atoms with Crippen LogP contribution in [-0.4, -0.2) is 47.1 Å². The number of H-pyrrole nitrogens is 1. The fraction of sp³-hybridized carbons (Fsp3) is 0.400. The molecule has 1 unspecified atom stereocenters. The fourth-order valence-electron chi connectivity index (χ4n) is 4.86. The highest BCUT2D eigenvalue weighted by molar-refractivity contribution is 6.04. The summed E-state index contributed by atoms with van der Waals surface area (Å²) < 4.78 is 17.7. The van der Waals surface area contributed by atoms with Gasteiger partial charge >= 0.3 is 0 Å². The second-order valence-electron chi connectivity index (χ2n) is 8.83. The van der Waals surface area contributed by atoms with Crippen molar-refractivity contribution in [2.75, 3.05) is 31.7 Å². The largest absolute Gasteiger partial charge is 0.493 e. The number of imidazole rings is 1. The molecule has 3 aliphatic heterocycles. The van der Waals surface area contributed by atoms with E-state index in [0.29, 0.717) is 48.4 Å². The van der Waals surface area contributed by atoms with Crippen LogP contribution in [0.5, 0.6) is 17.2 Å². The molecule has 1 atom stereocenters. The number of rotatable bonds is 4. The monoisotopic (exact) mass is 446 g/mol. The molecule has 33 heavy (non-hydrogen) atoms. The third-order valence-electron chi connectivity index (χ3n) is 6.67. The van der Waals surface area contributed by atoms with Crippen LogP contribution in [0.3, 0.4) is 0 Å². The second-order valence-corrected chi connectivity index (χ2v) is 8.83. The van der Waals surface area contributed by atoms with E-state index < -0.39 is 0 Å². The number of pyridine rings is 1. The lowest BCUT2D eigenvalue weighted by Gasteiger charge is -2.25. The minimum Gasteiger partial charge on any atom is -0.493 e. The van der Waals surface area contributed by atoms with E-state index in [1.807, 2.05) is 24.4 Å². The van der Waals surface area contributed by atoms with Crippen LogP contribution in [0, 0.1) is 0 Å². The Labute approximate surface area is 191 Å². The summed E-state index contributed by atoms with van der Waals surface area (Å²) in [7, 11) is 0. The number of aromatic nitrogens is 3. The summed E-state index contributed by atoms with van der Waals surface area (Å²) in [4.78, 5) is 24.9. The van der Waals surface area contributed by atoms with E-state index in [9.17, 15) is 4.79 Å². The number of fused-ring (bicyclic) bond motifs is 2. The number of aromatic amines is 1. The molecule has 0 amide bonds. The molecule has 3 aliphatic rings. The van der Waals surface area contributed by atoms with Crippen molar-refractivity contribution in [3.8, 4) is 17.2 Å². The van der Waals surface area contributed by atoms with Crippen LogP contribution in [0.25, 0.3) is 0 Å². The molecule has 2 aromatic heterocycles. The molecular formula is C25H26N4O4. The average Bonchev–Trinajstić information content (AvgIpc) is 3.35. The Morgan fingerprint density at radius 2 is 2.00 bits per heavy atom. The van der Waals surface area contributed by atoms with Gasteiger partial charge in [0.2, 0.25) is 0 Å². The standard InChI is InChI=1S/C25H26N4O4/c30-20-3-7-26-25-23(20)22(4-8-27-25)33-18-1-2-21-16(12-18)11-17(14-32-21)24-28-13-19(29-24)15-5-9-31-10-6-15/h1-2,4,8,12-13,15,17H,3,5-7,9-11,14H2,(H,26,27)(H,28,29). The zero-order valence-electron chi connectivity index (χ0n) is 18.3. The molecule has 0 bridgehead atoms. The number of benzene rings is 1. The number of nitrogens with one attached hydrogen (secondary N) is 2. The summed E-state index contributed by atoms with van der Waals surface area (Å²) in [5, 5.41) is 3.17. The van der Waals surface area contributed by atoms with Crippen LogP contribution in [0.1, 0.15) is 58.5 Å². The van der Waals surface area contributed by atoms with Crippen LogP contribution in [-0.2, 0) is 11.2 Å². The second kappa shape index (κ2) is 8.51. The van der Waals surface area contributed by atoms with Crippen LogP contribution in [0.4, 0.5) is 5.82 Å². The smallest absolute Gasteiger partial charge is 0.172 e. The minimum atomic E-state index is 0.0476. The van der Waals surface area contributed by atoms with Gasteiger partial charge in [0.15, 0.2) is 5.78 Å². The van der Waals surface area contributed by atoms with Crippen LogP contribution < -0.4 is 14.8 Å². The number of ether oxygens (including phenoxy) is 3. The number of hydrogen-bond donors (Lipinski definition) is 2. The third-order valence-corrected chi connectivity index (χ3v) is 6.67. The number of anilines is 1. The van der Waals surface area contributed by atoms with E-state index in [0.717, 1.165) is 49.6 Å². The van der Waals surface area contributed by atoms with Crippen LogP contribution in [0.2, 0.25) is 0 Å². The molecule has 6 rings (SSSR count). The number of carbonyl (C=O) groups excluding carboxylic acids is 1. The van der Waals surface area contributed by atoms with Crippen LogP contribution in [0.15, 0.2) is 36.7 Å². The highest BCUT2D eigenvalue weighted by atomic mass is 16.5. The van der Waals surface area contributed by atoms with Crippen molar-refractivity contribution >= 4 is 11.6 Å². The summed E-state index contributed by atoms with van der Waals surface area (Å²) in [6.45, 7) is 2.81. The fourth-order valence-corrected chi connectivity index (χ4v) is 4.86. The quantitative estimate of drug-likeness (QED) is 0.619. The van der Waals surface area contributed by atoms with Gasteiger partial charge in [-0.3, -0.25) is 4.79 Å².